The first-order valence-corrected chi connectivity index (χ1v) is 27.2. The van der Waals surface area contributed by atoms with Crippen LogP contribution in [-0.4, -0.2) is 37.9 Å². The second kappa shape index (κ2) is 53.2. The molecule has 0 N–H and O–H groups in total. The summed E-state index contributed by atoms with van der Waals surface area (Å²) in [4.78, 5) is 25.2. The van der Waals surface area contributed by atoms with Crippen molar-refractivity contribution in [2.75, 3.05) is 19.8 Å². The Labute approximate surface area is 386 Å². The van der Waals surface area contributed by atoms with E-state index in [1.165, 1.54) is 161 Å². The van der Waals surface area contributed by atoms with Crippen LogP contribution in [0.4, 0.5) is 0 Å². The topological polar surface area (TPSA) is 61.8 Å². The zero-order valence-electron chi connectivity index (χ0n) is 41.6. The van der Waals surface area contributed by atoms with Gasteiger partial charge in [0.2, 0.25) is 0 Å². The number of unbranched alkanes of at least 4 members (excludes halogenated alkanes) is 31. The molecule has 0 amide bonds. The summed E-state index contributed by atoms with van der Waals surface area (Å²) in [6, 6.07) is 0. The molecule has 1 atom stereocenters. The number of carbonyl (C=O) groups is 2. The molecule has 0 spiro atoms. The van der Waals surface area contributed by atoms with E-state index in [4.69, 9.17) is 14.2 Å². The van der Waals surface area contributed by atoms with Crippen molar-refractivity contribution >= 4 is 11.9 Å². The fourth-order valence-corrected chi connectivity index (χ4v) is 7.83. The van der Waals surface area contributed by atoms with Crippen molar-refractivity contribution in [1.29, 1.82) is 0 Å². The molecule has 0 aliphatic rings. The second-order valence-electron chi connectivity index (χ2n) is 18.1. The molecule has 0 aliphatic carbocycles. The lowest BCUT2D eigenvalue weighted by atomic mass is 10.0. The third kappa shape index (κ3) is 50.5. The lowest BCUT2D eigenvalue weighted by Gasteiger charge is -2.18. The summed E-state index contributed by atoms with van der Waals surface area (Å²) in [5.74, 6) is -0.348. The molecular formula is C57H104O5. The van der Waals surface area contributed by atoms with Crippen LogP contribution in [0.5, 0.6) is 0 Å². The molecule has 0 aromatic carbocycles. The number of esters is 2. The van der Waals surface area contributed by atoms with E-state index in [2.05, 4.69) is 69.4 Å². The molecule has 0 aliphatic heterocycles. The van der Waals surface area contributed by atoms with Crippen molar-refractivity contribution < 1.29 is 23.8 Å². The lowest BCUT2D eigenvalue weighted by Crippen LogP contribution is -2.29. The van der Waals surface area contributed by atoms with Gasteiger partial charge < -0.3 is 14.2 Å². The van der Waals surface area contributed by atoms with Gasteiger partial charge in [-0.25, -0.2) is 0 Å². The monoisotopic (exact) mass is 869 g/mol. The van der Waals surface area contributed by atoms with Gasteiger partial charge in [-0.1, -0.05) is 256 Å². The highest BCUT2D eigenvalue weighted by atomic mass is 16.6. The highest BCUT2D eigenvalue weighted by Crippen LogP contribution is 2.16. The van der Waals surface area contributed by atoms with Crippen LogP contribution >= 0.6 is 0 Å². The van der Waals surface area contributed by atoms with Crippen LogP contribution in [0.25, 0.3) is 0 Å². The third-order valence-electron chi connectivity index (χ3n) is 11.9. The minimum absolute atomic E-state index is 0.148. The van der Waals surface area contributed by atoms with Crippen LogP contribution in [-0.2, 0) is 23.8 Å². The van der Waals surface area contributed by atoms with Gasteiger partial charge in [-0.2, -0.15) is 0 Å². The van der Waals surface area contributed by atoms with Gasteiger partial charge in [-0.05, 0) is 57.8 Å². The first-order chi connectivity index (χ1) is 30.6. The zero-order chi connectivity index (χ0) is 44.9. The van der Waals surface area contributed by atoms with E-state index in [9.17, 15) is 9.59 Å². The number of hydrogen-bond acceptors (Lipinski definition) is 5. The molecule has 0 saturated carbocycles. The molecule has 0 radical (unpaired) electrons. The highest BCUT2D eigenvalue weighted by Gasteiger charge is 2.16. The predicted octanol–water partition coefficient (Wildman–Crippen LogP) is 18.3. The standard InChI is InChI=1S/C57H104O5/c1-4-7-10-13-16-19-22-25-27-29-30-33-36-39-42-45-48-51-57(59)62-54-55(53-61-56(58)50-47-44-41-38-35-32-24-21-18-15-12-9-6-3)60-52-49-46-43-40-37-34-31-28-26-23-20-17-14-11-8-5-2/h7,10,16,19,25,27,30,33,55H,4-6,8-9,11-15,17-18,20-24,26,28-29,31-32,34-54H2,1-3H3/b10-7-,19-16-,27-25-,33-30-/t55-/m0/s1. The summed E-state index contributed by atoms with van der Waals surface area (Å²) < 4.78 is 17.5. The Kier molecular flexibility index (Phi) is 51.4. The summed E-state index contributed by atoms with van der Waals surface area (Å²) >= 11 is 0. The summed E-state index contributed by atoms with van der Waals surface area (Å²) in [5.41, 5.74) is 0. The Bertz CT molecular complexity index is 1030. The molecule has 0 heterocycles. The number of allylic oxidation sites excluding steroid dienone is 8. The molecule has 0 aromatic rings. The van der Waals surface area contributed by atoms with Gasteiger partial charge in [0.15, 0.2) is 0 Å². The molecule has 362 valence electrons. The second-order valence-corrected chi connectivity index (χ2v) is 18.1. The number of rotatable bonds is 50. The van der Waals surface area contributed by atoms with Crippen LogP contribution in [0, 0.1) is 0 Å². The molecular weight excluding hydrogens is 765 g/mol. The summed E-state index contributed by atoms with van der Waals surface area (Å²) in [6.45, 7) is 7.63. The van der Waals surface area contributed by atoms with Crippen molar-refractivity contribution in [2.45, 2.75) is 284 Å². The normalized spacial score (nSPS) is 12.5. The van der Waals surface area contributed by atoms with Gasteiger partial charge >= 0.3 is 11.9 Å². The Balaban J connectivity index is 4.27. The van der Waals surface area contributed by atoms with Crippen LogP contribution in [0.1, 0.15) is 278 Å². The van der Waals surface area contributed by atoms with E-state index in [-0.39, 0.29) is 25.2 Å². The minimum atomic E-state index is -0.406. The maximum absolute atomic E-state index is 12.6. The van der Waals surface area contributed by atoms with E-state index < -0.39 is 6.10 Å². The fraction of sp³-hybridized carbons (Fsp3) is 0.825. The Morgan fingerprint density at radius 3 is 1.03 bits per heavy atom. The molecule has 0 fully saturated rings. The van der Waals surface area contributed by atoms with Crippen molar-refractivity contribution in [3.63, 3.8) is 0 Å². The molecule has 0 saturated heterocycles. The van der Waals surface area contributed by atoms with Gasteiger partial charge in [0.25, 0.3) is 0 Å². The molecule has 0 rings (SSSR count). The summed E-state index contributed by atoms with van der Waals surface area (Å²) in [7, 11) is 0. The maximum atomic E-state index is 12.6. The average Bonchev–Trinajstić information content (AvgIpc) is 3.28. The zero-order valence-corrected chi connectivity index (χ0v) is 41.6. The van der Waals surface area contributed by atoms with Crippen molar-refractivity contribution in [2.24, 2.45) is 0 Å². The van der Waals surface area contributed by atoms with Crippen molar-refractivity contribution in [1.82, 2.24) is 0 Å². The molecule has 0 aromatic heterocycles. The number of ether oxygens (including phenoxy) is 3. The van der Waals surface area contributed by atoms with Crippen molar-refractivity contribution in [3.8, 4) is 0 Å². The summed E-state index contributed by atoms with van der Waals surface area (Å²) in [6.07, 6.45) is 65.7. The molecule has 0 bridgehead atoms. The van der Waals surface area contributed by atoms with Gasteiger partial charge in [0, 0.05) is 19.4 Å². The highest BCUT2D eigenvalue weighted by molar-refractivity contribution is 5.69. The lowest BCUT2D eigenvalue weighted by molar-refractivity contribution is -0.155. The van der Waals surface area contributed by atoms with Gasteiger partial charge in [-0.15, -0.1) is 0 Å². The third-order valence-corrected chi connectivity index (χ3v) is 11.9. The molecule has 0 unspecified atom stereocenters. The van der Waals surface area contributed by atoms with Gasteiger partial charge in [0.1, 0.15) is 19.3 Å². The smallest absolute Gasteiger partial charge is 0.305 e. The van der Waals surface area contributed by atoms with Crippen LogP contribution in [0.15, 0.2) is 48.6 Å². The largest absolute Gasteiger partial charge is 0.463 e. The van der Waals surface area contributed by atoms with E-state index in [0.29, 0.717) is 19.4 Å². The fourth-order valence-electron chi connectivity index (χ4n) is 7.83. The van der Waals surface area contributed by atoms with Crippen LogP contribution < -0.4 is 0 Å². The molecule has 62 heavy (non-hydrogen) atoms. The molecule has 5 nitrogen and oxygen atoms in total. The Morgan fingerprint density at radius 1 is 0.355 bits per heavy atom. The first-order valence-electron chi connectivity index (χ1n) is 27.2. The van der Waals surface area contributed by atoms with Crippen LogP contribution in [0.3, 0.4) is 0 Å². The van der Waals surface area contributed by atoms with Crippen LogP contribution in [0.2, 0.25) is 0 Å². The Hall–Kier alpha value is -2.14. The van der Waals surface area contributed by atoms with E-state index in [0.717, 1.165) is 83.5 Å². The summed E-state index contributed by atoms with van der Waals surface area (Å²) in [5, 5.41) is 0. The number of hydrogen-bond donors (Lipinski definition) is 0. The quantitative estimate of drug-likeness (QED) is 0.0346. The van der Waals surface area contributed by atoms with Gasteiger partial charge in [0.05, 0.1) is 0 Å². The number of carbonyl (C=O) groups excluding carboxylic acids is 2. The maximum Gasteiger partial charge on any atom is 0.305 e. The van der Waals surface area contributed by atoms with E-state index in [1.54, 1.807) is 0 Å². The average molecular weight is 869 g/mol. The van der Waals surface area contributed by atoms with Gasteiger partial charge in [-0.3, -0.25) is 9.59 Å². The minimum Gasteiger partial charge on any atom is -0.463 e. The van der Waals surface area contributed by atoms with E-state index >= 15 is 0 Å². The SMILES string of the molecule is CC/C=C\C/C=C\C/C=C\C/C=C\CCCCCCC(=O)OC[C@H](COC(=O)CCCCCCCCCCCCCCC)OCCCCCCCCCCCCCCCCCC. The predicted molar refractivity (Wildman–Crippen MR) is 270 cm³/mol. The van der Waals surface area contributed by atoms with E-state index in [1.807, 2.05) is 0 Å². The first kappa shape index (κ1) is 59.9. The van der Waals surface area contributed by atoms with Crippen molar-refractivity contribution in [3.05, 3.63) is 48.6 Å². The Morgan fingerprint density at radius 2 is 0.661 bits per heavy atom. The molecule has 5 heteroatoms.